The van der Waals surface area contributed by atoms with Gasteiger partial charge in [-0.1, -0.05) is 26.2 Å². The lowest BCUT2D eigenvalue weighted by Gasteiger charge is -1.99. The maximum Gasteiger partial charge on any atom is 0.186 e. The van der Waals surface area contributed by atoms with Crippen molar-refractivity contribution in [2.45, 2.75) is 39.0 Å². The van der Waals surface area contributed by atoms with Crippen LogP contribution in [0.15, 0.2) is 5.10 Å². The summed E-state index contributed by atoms with van der Waals surface area (Å²) in [6.45, 7) is 2.21. The molecule has 0 aliphatic heterocycles. The fourth-order valence-electron chi connectivity index (χ4n) is 0.887. The highest BCUT2D eigenvalue weighted by atomic mass is 32.1. The minimum atomic E-state index is 0.560. The molecule has 0 aliphatic carbocycles. The predicted octanol–water partition coefficient (Wildman–Crippen LogP) is 2.04. The second-order valence-corrected chi connectivity index (χ2v) is 3.26. The molecule has 76 valence electrons. The van der Waals surface area contributed by atoms with Crippen LogP contribution in [-0.2, 0) is 0 Å². The number of hydrogen-bond acceptors (Lipinski definition) is 2. The molecule has 0 bridgehead atoms. The third-order valence-electron chi connectivity index (χ3n) is 1.67. The summed E-state index contributed by atoms with van der Waals surface area (Å²) in [6, 6.07) is 0. The number of nitrogens with zero attached hydrogens (tertiary/aromatic N) is 1. The van der Waals surface area contributed by atoms with Gasteiger partial charge in [0.15, 0.2) is 5.11 Å². The number of nitrogens with one attached hydrogen (secondary N) is 2. The number of thiocarbonyl (C=S) groups is 1. The van der Waals surface area contributed by atoms with Crippen molar-refractivity contribution in [1.82, 2.24) is 10.7 Å². The van der Waals surface area contributed by atoms with Crippen LogP contribution in [0.4, 0.5) is 0 Å². The SMILES string of the molecule is CCCCCC/C=N/NC(=S)NC. The molecule has 0 unspecified atom stereocenters. The van der Waals surface area contributed by atoms with Crippen molar-refractivity contribution in [1.29, 1.82) is 0 Å². The number of unbranched alkanes of at least 4 members (excludes halogenated alkanes) is 4. The van der Waals surface area contributed by atoms with Crippen LogP contribution in [0.25, 0.3) is 0 Å². The van der Waals surface area contributed by atoms with E-state index in [9.17, 15) is 0 Å². The molecule has 2 N–H and O–H groups in total. The van der Waals surface area contributed by atoms with Gasteiger partial charge in [0.05, 0.1) is 0 Å². The first-order chi connectivity index (χ1) is 6.31. The Balaban J connectivity index is 3.17. The Morgan fingerprint density at radius 2 is 2.15 bits per heavy atom. The maximum atomic E-state index is 4.84. The standard InChI is InChI=1S/C9H19N3S/c1-3-4-5-6-7-8-11-12-9(13)10-2/h8H,3-7H2,1-2H3,(H2,10,12,13)/b11-8+. The average Bonchev–Trinajstić information content (AvgIpc) is 2.16. The zero-order chi connectivity index (χ0) is 9.94. The molecule has 0 saturated carbocycles. The van der Waals surface area contributed by atoms with Gasteiger partial charge in [-0.15, -0.1) is 0 Å². The minimum absolute atomic E-state index is 0.560. The van der Waals surface area contributed by atoms with E-state index >= 15 is 0 Å². The molecule has 0 radical (unpaired) electrons. The van der Waals surface area contributed by atoms with E-state index in [2.05, 4.69) is 22.8 Å². The third-order valence-corrected chi connectivity index (χ3v) is 1.97. The summed E-state index contributed by atoms with van der Waals surface area (Å²) in [5, 5.41) is 7.30. The first kappa shape index (κ1) is 12.4. The smallest absolute Gasteiger partial charge is 0.186 e. The molecular formula is C9H19N3S. The number of hydrazone groups is 1. The Bertz CT molecular complexity index is 157. The van der Waals surface area contributed by atoms with Crippen molar-refractivity contribution in [3.8, 4) is 0 Å². The Labute approximate surface area is 86.0 Å². The molecule has 0 aromatic rings. The quantitative estimate of drug-likeness (QED) is 0.299. The summed E-state index contributed by atoms with van der Waals surface area (Å²) < 4.78 is 0. The topological polar surface area (TPSA) is 36.4 Å². The van der Waals surface area contributed by atoms with Crippen molar-refractivity contribution < 1.29 is 0 Å². The van der Waals surface area contributed by atoms with Crippen LogP contribution >= 0.6 is 12.2 Å². The van der Waals surface area contributed by atoms with Gasteiger partial charge in [-0.25, -0.2) is 0 Å². The summed E-state index contributed by atoms with van der Waals surface area (Å²) in [6.07, 6.45) is 8.00. The van der Waals surface area contributed by atoms with Crippen LogP contribution in [-0.4, -0.2) is 18.4 Å². The van der Waals surface area contributed by atoms with Crippen molar-refractivity contribution in [2.24, 2.45) is 5.10 Å². The molecule has 0 amide bonds. The van der Waals surface area contributed by atoms with Gasteiger partial charge in [0.2, 0.25) is 0 Å². The van der Waals surface area contributed by atoms with Crippen molar-refractivity contribution in [3.63, 3.8) is 0 Å². The monoisotopic (exact) mass is 201 g/mol. The van der Waals surface area contributed by atoms with Crippen LogP contribution in [0.2, 0.25) is 0 Å². The predicted molar refractivity (Wildman–Crippen MR) is 62.0 cm³/mol. The van der Waals surface area contributed by atoms with Crippen LogP contribution < -0.4 is 10.7 Å². The highest BCUT2D eigenvalue weighted by Crippen LogP contribution is 2.00. The zero-order valence-electron chi connectivity index (χ0n) is 8.47. The van der Waals surface area contributed by atoms with E-state index in [4.69, 9.17) is 12.2 Å². The van der Waals surface area contributed by atoms with Gasteiger partial charge in [0.1, 0.15) is 0 Å². The Hall–Kier alpha value is -0.640. The van der Waals surface area contributed by atoms with Gasteiger partial charge in [-0.05, 0) is 25.1 Å². The second kappa shape index (κ2) is 9.45. The zero-order valence-corrected chi connectivity index (χ0v) is 9.28. The highest BCUT2D eigenvalue weighted by molar-refractivity contribution is 7.80. The lowest BCUT2D eigenvalue weighted by Crippen LogP contribution is -2.28. The molecule has 0 aliphatic rings. The van der Waals surface area contributed by atoms with Crippen LogP contribution in [0.3, 0.4) is 0 Å². The average molecular weight is 201 g/mol. The largest absolute Gasteiger partial charge is 0.364 e. The van der Waals surface area contributed by atoms with E-state index in [0.29, 0.717) is 5.11 Å². The van der Waals surface area contributed by atoms with E-state index < -0.39 is 0 Å². The Morgan fingerprint density at radius 3 is 2.77 bits per heavy atom. The van der Waals surface area contributed by atoms with E-state index in [1.54, 1.807) is 7.05 Å². The van der Waals surface area contributed by atoms with E-state index in [1.807, 2.05) is 6.21 Å². The molecule has 4 heteroatoms. The van der Waals surface area contributed by atoms with Gasteiger partial charge in [0, 0.05) is 13.3 Å². The van der Waals surface area contributed by atoms with Crippen LogP contribution in [0, 0.1) is 0 Å². The molecule has 0 aromatic heterocycles. The van der Waals surface area contributed by atoms with E-state index in [1.165, 1.54) is 25.7 Å². The molecule has 0 saturated heterocycles. The molecule has 0 fully saturated rings. The van der Waals surface area contributed by atoms with Gasteiger partial charge < -0.3 is 5.32 Å². The maximum absolute atomic E-state index is 4.84. The van der Waals surface area contributed by atoms with Gasteiger partial charge >= 0.3 is 0 Å². The fraction of sp³-hybridized carbons (Fsp3) is 0.778. The highest BCUT2D eigenvalue weighted by Gasteiger charge is 1.86. The molecule has 3 nitrogen and oxygen atoms in total. The molecule has 0 aromatic carbocycles. The fourth-order valence-corrected chi connectivity index (χ4v) is 0.940. The second-order valence-electron chi connectivity index (χ2n) is 2.85. The molecule has 13 heavy (non-hydrogen) atoms. The van der Waals surface area contributed by atoms with Gasteiger partial charge in [-0.3, -0.25) is 5.43 Å². The summed E-state index contributed by atoms with van der Waals surface area (Å²) in [7, 11) is 1.77. The van der Waals surface area contributed by atoms with Crippen LogP contribution in [0.1, 0.15) is 39.0 Å². The number of rotatable bonds is 6. The molecule has 0 atom stereocenters. The molecule has 0 spiro atoms. The molecular weight excluding hydrogens is 182 g/mol. The first-order valence-corrected chi connectivity index (χ1v) is 5.21. The van der Waals surface area contributed by atoms with Crippen molar-refractivity contribution >= 4 is 23.5 Å². The lowest BCUT2D eigenvalue weighted by atomic mass is 10.2. The van der Waals surface area contributed by atoms with Crippen LogP contribution in [0.5, 0.6) is 0 Å². The van der Waals surface area contributed by atoms with Gasteiger partial charge in [0.25, 0.3) is 0 Å². The summed E-state index contributed by atoms with van der Waals surface area (Å²) >= 11 is 4.84. The van der Waals surface area contributed by atoms with E-state index in [0.717, 1.165) is 6.42 Å². The Morgan fingerprint density at radius 1 is 1.38 bits per heavy atom. The van der Waals surface area contributed by atoms with E-state index in [-0.39, 0.29) is 0 Å². The third kappa shape index (κ3) is 9.27. The molecule has 0 rings (SSSR count). The molecule has 0 heterocycles. The minimum Gasteiger partial charge on any atom is -0.364 e. The summed E-state index contributed by atoms with van der Waals surface area (Å²) in [5.74, 6) is 0. The lowest BCUT2D eigenvalue weighted by molar-refractivity contribution is 0.684. The normalized spacial score (nSPS) is 10.3. The van der Waals surface area contributed by atoms with Gasteiger partial charge in [-0.2, -0.15) is 5.10 Å². The van der Waals surface area contributed by atoms with Crippen molar-refractivity contribution in [3.05, 3.63) is 0 Å². The Kier molecular flexibility index (Phi) is 8.98. The summed E-state index contributed by atoms with van der Waals surface area (Å²) in [5.41, 5.74) is 2.71. The number of hydrogen-bond donors (Lipinski definition) is 2. The summed E-state index contributed by atoms with van der Waals surface area (Å²) in [4.78, 5) is 0. The first-order valence-electron chi connectivity index (χ1n) is 4.80. The van der Waals surface area contributed by atoms with Crippen molar-refractivity contribution in [2.75, 3.05) is 7.05 Å².